The minimum Gasteiger partial charge on any atom is -0.508 e. The number of methoxy groups -OCH3 is 1. The second-order valence-electron chi connectivity index (χ2n) is 8.33. The molecule has 4 aliphatic rings. The Bertz CT molecular complexity index is 897. The highest BCUT2D eigenvalue weighted by Crippen LogP contribution is 2.54. The van der Waals surface area contributed by atoms with E-state index in [0.29, 0.717) is 17.7 Å². The normalized spacial score (nSPS) is 36.1. The van der Waals surface area contributed by atoms with Gasteiger partial charge in [0.2, 0.25) is 5.91 Å². The Morgan fingerprint density at radius 1 is 1.43 bits per heavy atom. The molecule has 7 heteroatoms. The second-order valence-corrected chi connectivity index (χ2v) is 8.33. The van der Waals surface area contributed by atoms with Crippen LogP contribution < -0.4 is 5.32 Å². The number of amides is 1. The minimum absolute atomic E-state index is 0.00129. The number of hydrogen-bond donors (Lipinski definition) is 2. The first-order chi connectivity index (χ1) is 13.5. The van der Waals surface area contributed by atoms with E-state index in [1.807, 2.05) is 13.0 Å². The Labute approximate surface area is 163 Å². The van der Waals surface area contributed by atoms with E-state index in [1.165, 1.54) is 7.11 Å². The molecule has 28 heavy (non-hydrogen) atoms. The molecule has 1 aromatic rings. The van der Waals surface area contributed by atoms with E-state index in [9.17, 15) is 14.7 Å². The number of piperidine rings is 1. The fourth-order valence-corrected chi connectivity index (χ4v) is 5.82. The largest absolute Gasteiger partial charge is 0.508 e. The number of aromatic hydroxyl groups is 1. The van der Waals surface area contributed by atoms with Crippen LogP contribution in [0, 0.1) is 11.8 Å². The average Bonchev–Trinajstić information content (AvgIpc) is 3.19. The highest BCUT2D eigenvalue weighted by molar-refractivity contribution is 6.07. The van der Waals surface area contributed by atoms with Crippen LogP contribution in [-0.4, -0.2) is 54.2 Å². The lowest BCUT2D eigenvalue weighted by Gasteiger charge is -2.48. The maximum atomic E-state index is 13.2. The molecule has 2 saturated heterocycles. The summed E-state index contributed by atoms with van der Waals surface area (Å²) < 4.78 is 10.7. The van der Waals surface area contributed by atoms with Crippen molar-refractivity contribution in [2.24, 2.45) is 11.8 Å². The molecule has 4 heterocycles. The van der Waals surface area contributed by atoms with Gasteiger partial charge in [0.15, 0.2) is 0 Å². The summed E-state index contributed by atoms with van der Waals surface area (Å²) in [6, 6.07) is 5.12. The topological polar surface area (TPSA) is 88.1 Å². The van der Waals surface area contributed by atoms with E-state index in [4.69, 9.17) is 9.47 Å². The Hall–Kier alpha value is -2.54. The molecule has 5 atom stereocenters. The molecule has 1 spiro atoms. The van der Waals surface area contributed by atoms with Gasteiger partial charge < -0.3 is 19.9 Å². The van der Waals surface area contributed by atoms with Crippen LogP contribution in [0.25, 0.3) is 0 Å². The van der Waals surface area contributed by atoms with Crippen molar-refractivity contribution in [1.29, 1.82) is 0 Å². The van der Waals surface area contributed by atoms with Gasteiger partial charge in [-0.15, -0.1) is 0 Å². The van der Waals surface area contributed by atoms with Gasteiger partial charge in [0, 0.05) is 36.2 Å². The predicted molar refractivity (Wildman–Crippen MR) is 101 cm³/mol. The lowest BCUT2D eigenvalue weighted by atomic mass is 9.66. The maximum Gasteiger partial charge on any atom is 0.337 e. The Balaban J connectivity index is 1.55. The first-order valence-corrected chi connectivity index (χ1v) is 9.78. The zero-order valence-electron chi connectivity index (χ0n) is 16.0. The van der Waals surface area contributed by atoms with E-state index in [0.717, 1.165) is 25.1 Å². The Kier molecular flexibility index (Phi) is 3.75. The quantitative estimate of drug-likeness (QED) is 0.718. The fraction of sp³-hybridized carbons (Fsp3) is 0.524. The van der Waals surface area contributed by atoms with Gasteiger partial charge in [0.05, 0.1) is 30.5 Å². The first-order valence-electron chi connectivity index (χ1n) is 9.78. The summed E-state index contributed by atoms with van der Waals surface area (Å²) in [7, 11) is 1.38. The lowest BCUT2D eigenvalue weighted by Crippen LogP contribution is -2.56. The van der Waals surface area contributed by atoms with Crippen LogP contribution in [0.1, 0.15) is 25.3 Å². The highest BCUT2D eigenvalue weighted by atomic mass is 16.5. The highest BCUT2D eigenvalue weighted by Gasteiger charge is 2.61. The van der Waals surface area contributed by atoms with Gasteiger partial charge in [0.1, 0.15) is 5.75 Å². The number of carbonyl (C=O) groups is 2. The Morgan fingerprint density at radius 2 is 2.25 bits per heavy atom. The zero-order valence-corrected chi connectivity index (χ0v) is 16.0. The number of phenols is 1. The van der Waals surface area contributed by atoms with Crippen molar-refractivity contribution in [1.82, 2.24) is 4.90 Å². The second kappa shape index (κ2) is 5.98. The van der Waals surface area contributed by atoms with Crippen LogP contribution in [-0.2, 0) is 24.5 Å². The summed E-state index contributed by atoms with van der Waals surface area (Å²) in [6.07, 6.45) is 2.99. The summed E-state index contributed by atoms with van der Waals surface area (Å²) >= 11 is 0. The van der Waals surface area contributed by atoms with Crippen LogP contribution in [0.4, 0.5) is 5.69 Å². The van der Waals surface area contributed by atoms with Gasteiger partial charge in [-0.3, -0.25) is 9.69 Å². The standard InChI is InChI=1S/C21H24N2O5/c1-11-14-9-23-6-5-21(16-4-3-12(24)7-17(16)22-20(21)26)18(23)8-13(14)15(10-28-11)19(25)27-2/h3-4,7,10-11,13-14,18,24H,5-6,8-9H2,1-2H3,(H,22,26)/t11-,13-,14-,18-,21-/m0/s1. The number of hydrogen-bond acceptors (Lipinski definition) is 6. The number of benzene rings is 1. The van der Waals surface area contributed by atoms with Crippen molar-refractivity contribution in [3.63, 3.8) is 0 Å². The van der Waals surface area contributed by atoms with Gasteiger partial charge in [-0.2, -0.15) is 0 Å². The number of fused-ring (bicyclic) bond motifs is 5. The van der Waals surface area contributed by atoms with E-state index in [-0.39, 0.29) is 41.6 Å². The third-order valence-electron chi connectivity index (χ3n) is 7.21. The molecule has 1 amide bonds. The van der Waals surface area contributed by atoms with E-state index >= 15 is 0 Å². The maximum absolute atomic E-state index is 13.2. The zero-order chi connectivity index (χ0) is 19.6. The number of rotatable bonds is 1. The molecule has 7 nitrogen and oxygen atoms in total. The monoisotopic (exact) mass is 384 g/mol. The van der Waals surface area contributed by atoms with Crippen LogP contribution in [0.15, 0.2) is 30.0 Å². The minimum atomic E-state index is -0.642. The molecule has 0 aliphatic carbocycles. The van der Waals surface area contributed by atoms with Crippen LogP contribution >= 0.6 is 0 Å². The van der Waals surface area contributed by atoms with Gasteiger partial charge in [0.25, 0.3) is 0 Å². The van der Waals surface area contributed by atoms with Crippen molar-refractivity contribution < 1.29 is 24.2 Å². The molecular weight excluding hydrogens is 360 g/mol. The number of phenolic OH excluding ortho intramolecular Hbond substituents is 1. The summed E-state index contributed by atoms with van der Waals surface area (Å²) in [5.41, 5.74) is 1.57. The molecular formula is C21H24N2O5. The molecule has 0 aromatic heterocycles. The van der Waals surface area contributed by atoms with Crippen molar-refractivity contribution in [2.45, 2.75) is 37.3 Å². The van der Waals surface area contributed by atoms with Gasteiger partial charge >= 0.3 is 5.97 Å². The Morgan fingerprint density at radius 3 is 3.04 bits per heavy atom. The molecule has 0 saturated carbocycles. The molecule has 1 aromatic carbocycles. The molecule has 2 fully saturated rings. The van der Waals surface area contributed by atoms with Gasteiger partial charge in [-0.1, -0.05) is 6.07 Å². The van der Waals surface area contributed by atoms with Crippen molar-refractivity contribution >= 4 is 17.6 Å². The van der Waals surface area contributed by atoms with E-state index in [1.54, 1.807) is 18.4 Å². The third-order valence-corrected chi connectivity index (χ3v) is 7.21. The smallest absolute Gasteiger partial charge is 0.337 e. The molecule has 4 aliphatic heterocycles. The third kappa shape index (κ3) is 2.19. The lowest BCUT2D eigenvalue weighted by molar-refractivity contribution is -0.139. The van der Waals surface area contributed by atoms with E-state index < -0.39 is 5.41 Å². The molecule has 0 radical (unpaired) electrons. The number of anilines is 1. The first kappa shape index (κ1) is 17.6. The van der Waals surface area contributed by atoms with Crippen molar-refractivity contribution in [3.05, 3.63) is 35.6 Å². The summed E-state index contributed by atoms with van der Waals surface area (Å²) in [6.45, 7) is 3.65. The van der Waals surface area contributed by atoms with Crippen LogP contribution in [0.2, 0.25) is 0 Å². The predicted octanol–water partition coefficient (Wildman–Crippen LogP) is 1.77. The molecule has 2 N–H and O–H groups in total. The molecule has 148 valence electrons. The summed E-state index contributed by atoms with van der Waals surface area (Å²) in [4.78, 5) is 27.9. The number of carbonyl (C=O) groups excluding carboxylic acids is 2. The van der Waals surface area contributed by atoms with Crippen LogP contribution in [0.3, 0.4) is 0 Å². The summed E-state index contributed by atoms with van der Waals surface area (Å²) in [5.74, 6) is -0.0363. The fourth-order valence-electron chi connectivity index (χ4n) is 5.82. The molecule has 0 unspecified atom stereocenters. The van der Waals surface area contributed by atoms with Crippen molar-refractivity contribution in [2.75, 3.05) is 25.5 Å². The number of nitrogens with one attached hydrogen (secondary N) is 1. The van der Waals surface area contributed by atoms with Crippen LogP contribution in [0.5, 0.6) is 5.75 Å². The SMILES string of the molecule is COC(=O)C1=CO[C@@H](C)[C@@H]2CN3CC[C@@]4(C(=O)Nc5cc(O)ccc54)[C@@H]3C[C@H]12. The van der Waals surface area contributed by atoms with E-state index in [2.05, 4.69) is 10.2 Å². The number of nitrogens with zero attached hydrogens (tertiary/aromatic N) is 1. The number of ether oxygens (including phenoxy) is 2. The average molecular weight is 384 g/mol. The molecule has 5 rings (SSSR count). The van der Waals surface area contributed by atoms with Crippen molar-refractivity contribution in [3.8, 4) is 5.75 Å². The van der Waals surface area contributed by atoms with Gasteiger partial charge in [-0.05, 0) is 37.9 Å². The molecule has 0 bridgehead atoms. The van der Waals surface area contributed by atoms with Gasteiger partial charge in [-0.25, -0.2) is 4.79 Å². The number of esters is 1. The summed E-state index contributed by atoms with van der Waals surface area (Å²) in [5, 5.41) is 12.8.